The summed E-state index contributed by atoms with van der Waals surface area (Å²) >= 11 is 0. The molecule has 0 aliphatic rings. The van der Waals surface area contributed by atoms with Crippen molar-refractivity contribution in [2.24, 2.45) is 0 Å². The zero-order chi connectivity index (χ0) is 18.1. The van der Waals surface area contributed by atoms with Crippen molar-refractivity contribution in [1.29, 1.82) is 0 Å². The molecule has 2 N–H and O–H groups in total. The van der Waals surface area contributed by atoms with Gasteiger partial charge in [-0.2, -0.15) is 0 Å². The molecular formula is C20H27N3O2. The van der Waals surface area contributed by atoms with Gasteiger partial charge in [0.1, 0.15) is 5.75 Å². The van der Waals surface area contributed by atoms with Crippen LogP contribution in [0.15, 0.2) is 48.5 Å². The minimum Gasteiger partial charge on any atom is -0.492 e. The summed E-state index contributed by atoms with van der Waals surface area (Å²) in [7, 11) is 0. The number of amides is 1. The molecule has 5 heteroatoms. The lowest BCUT2D eigenvalue weighted by Crippen LogP contribution is -2.23. The van der Waals surface area contributed by atoms with Gasteiger partial charge in [0.05, 0.1) is 18.8 Å². The topological polar surface area (TPSA) is 53.6 Å². The average molecular weight is 341 g/mol. The van der Waals surface area contributed by atoms with Crippen LogP contribution in [0.4, 0.5) is 17.1 Å². The van der Waals surface area contributed by atoms with Crippen molar-refractivity contribution in [3.8, 4) is 5.75 Å². The predicted octanol–water partition coefficient (Wildman–Crippen LogP) is 3.98. The van der Waals surface area contributed by atoms with E-state index in [9.17, 15) is 4.79 Å². The Kier molecular flexibility index (Phi) is 7.14. The van der Waals surface area contributed by atoms with Crippen LogP contribution in [-0.4, -0.2) is 32.1 Å². The molecule has 0 aliphatic heterocycles. The summed E-state index contributed by atoms with van der Waals surface area (Å²) in [6.45, 7) is 8.89. The number of carbonyl (C=O) groups is 1. The Balaban J connectivity index is 1.90. The molecule has 5 nitrogen and oxygen atoms in total. The first-order chi connectivity index (χ1) is 12.2. The largest absolute Gasteiger partial charge is 0.492 e. The summed E-state index contributed by atoms with van der Waals surface area (Å²) in [6.07, 6.45) is 0. The van der Waals surface area contributed by atoms with Gasteiger partial charge < -0.3 is 20.3 Å². The first-order valence-electron chi connectivity index (χ1n) is 8.78. The minimum absolute atomic E-state index is 0.0955. The van der Waals surface area contributed by atoms with Crippen molar-refractivity contribution in [2.45, 2.75) is 20.8 Å². The van der Waals surface area contributed by atoms with E-state index in [2.05, 4.69) is 29.4 Å². The first-order valence-corrected chi connectivity index (χ1v) is 8.78. The van der Waals surface area contributed by atoms with Crippen molar-refractivity contribution < 1.29 is 9.53 Å². The van der Waals surface area contributed by atoms with E-state index in [1.807, 2.05) is 55.5 Å². The maximum absolute atomic E-state index is 12.2. The van der Waals surface area contributed by atoms with Crippen LogP contribution in [0.2, 0.25) is 0 Å². The second-order valence-electron chi connectivity index (χ2n) is 5.55. The number of nitrogens with zero attached hydrogens (tertiary/aromatic N) is 1. The molecule has 0 spiro atoms. The quantitative estimate of drug-likeness (QED) is 0.724. The number of benzene rings is 2. The lowest BCUT2D eigenvalue weighted by Gasteiger charge is -2.21. The zero-order valence-corrected chi connectivity index (χ0v) is 15.2. The van der Waals surface area contributed by atoms with Crippen LogP contribution in [0.25, 0.3) is 0 Å². The predicted molar refractivity (Wildman–Crippen MR) is 105 cm³/mol. The highest BCUT2D eigenvalue weighted by atomic mass is 16.5. The molecule has 0 fully saturated rings. The van der Waals surface area contributed by atoms with E-state index >= 15 is 0 Å². The van der Waals surface area contributed by atoms with Gasteiger partial charge in [-0.1, -0.05) is 12.1 Å². The van der Waals surface area contributed by atoms with E-state index < -0.39 is 0 Å². The summed E-state index contributed by atoms with van der Waals surface area (Å²) in [4.78, 5) is 14.4. The third-order valence-electron chi connectivity index (χ3n) is 3.91. The standard InChI is InChI=1S/C20H27N3O2/c1-4-23(5-2)17-13-11-16(12-14-17)22-20(24)15-21-18-9-7-8-10-19(18)25-6-3/h7-14,21H,4-6,15H2,1-3H3,(H,22,24). The van der Waals surface area contributed by atoms with E-state index in [4.69, 9.17) is 4.74 Å². The van der Waals surface area contributed by atoms with Gasteiger partial charge in [0, 0.05) is 24.5 Å². The lowest BCUT2D eigenvalue weighted by molar-refractivity contribution is -0.114. The van der Waals surface area contributed by atoms with Crippen LogP contribution in [-0.2, 0) is 4.79 Å². The van der Waals surface area contributed by atoms with Crippen LogP contribution < -0.4 is 20.3 Å². The number of nitrogens with one attached hydrogen (secondary N) is 2. The van der Waals surface area contributed by atoms with Gasteiger partial charge in [-0.05, 0) is 57.2 Å². The first kappa shape index (κ1) is 18.6. The highest BCUT2D eigenvalue weighted by Crippen LogP contribution is 2.23. The van der Waals surface area contributed by atoms with Crippen LogP contribution in [0.3, 0.4) is 0 Å². The van der Waals surface area contributed by atoms with Crippen molar-refractivity contribution in [3.05, 3.63) is 48.5 Å². The van der Waals surface area contributed by atoms with Crippen molar-refractivity contribution >= 4 is 23.0 Å². The Morgan fingerprint density at radius 3 is 2.32 bits per heavy atom. The molecule has 0 saturated carbocycles. The monoisotopic (exact) mass is 341 g/mol. The summed E-state index contributed by atoms with van der Waals surface area (Å²) in [6, 6.07) is 15.5. The average Bonchev–Trinajstić information content (AvgIpc) is 2.64. The Morgan fingerprint density at radius 2 is 1.68 bits per heavy atom. The van der Waals surface area contributed by atoms with Crippen LogP contribution in [0.5, 0.6) is 5.75 Å². The fraction of sp³-hybridized carbons (Fsp3) is 0.350. The number of carbonyl (C=O) groups excluding carboxylic acids is 1. The molecule has 0 bridgehead atoms. The normalized spacial score (nSPS) is 10.2. The van der Waals surface area contributed by atoms with E-state index in [0.29, 0.717) is 6.61 Å². The number of para-hydroxylation sites is 2. The summed E-state index contributed by atoms with van der Waals surface area (Å²) in [5.74, 6) is 0.656. The SMILES string of the molecule is CCOc1ccccc1NCC(=O)Nc1ccc(N(CC)CC)cc1. The zero-order valence-electron chi connectivity index (χ0n) is 15.2. The van der Waals surface area contributed by atoms with Gasteiger partial charge in [0.2, 0.25) is 5.91 Å². The smallest absolute Gasteiger partial charge is 0.243 e. The number of anilines is 3. The number of hydrogen-bond acceptors (Lipinski definition) is 4. The van der Waals surface area contributed by atoms with Crippen molar-refractivity contribution in [2.75, 3.05) is 41.8 Å². The van der Waals surface area contributed by atoms with Gasteiger partial charge in [0.25, 0.3) is 0 Å². The summed E-state index contributed by atoms with van der Waals surface area (Å²) < 4.78 is 5.55. The third-order valence-corrected chi connectivity index (χ3v) is 3.91. The van der Waals surface area contributed by atoms with Crippen LogP contribution in [0.1, 0.15) is 20.8 Å². The van der Waals surface area contributed by atoms with Gasteiger partial charge in [0.15, 0.2) is 0 Å². The molecule has 0 aromatic heterocycles. The van der Waals surface area contributed by atoms with Gasteiger partial charge in [-0.25, -0.2) is 0 Å². The van der Waals surface area contributed by atoms with Crippen LogP contribution >= 0.6 is 0 Å². The molecule has 1 amide bonds. The van der Waals surface area contributed by atoms with Crippen molar-refractivity contribution in [1.82, 2.24) is 0 Å². The van der Waals surface area contributed by atoms with Gasteiger partial charge >= 0.3 is 0 Å². The van der Waals surface area contributed by atoms with Crippen LogP contribution in [0, 0.1) is 0 Å². The second kappa shape index (κ2) is 9.57. The molecule has 0 unspecified atom stereocenters. The molecule has 25 heavy (non-hydrogen) atoms. The molecular weight excluding hydrogens is 314 g/mol. The van der Waals surface area contributed by atoms with Crippen molar-refractivity contribution in [3.63, 3.8) is 0 Å². The molecule has 134 valence electrons. The highest BCUT2D eigenvalue weighted by molar-refractivity contribution is 5.94. The molecule has 2 aromatic carbocycles. The fourth-order valence-electron chi connectivity index (χ4n) is 2.62. The third kappa shape index (κ3) is 5.41. The highest BCUT2D eigenvalue weighted by Gasteiger charge is 2.07. The number of hydrogen-bond donors (Lipinski definition) is 2. The van der Waals surface area contributed by atoms with E-state index in [0.717, 1.165) is 35.9 Å². The molecule has 0 saturated heterocycles. The number of rotatable bonds is 9. The molecule has 2 rings (SSSR count). The maximum Gasteiger partial charge on any atom is 0.243 e. The summed E-state index contributed by atoms with van der Waals surface area (Å²) in [5, 5.41) is 6.03. The Labute approximate surface area is 150 Å². The fourth-order valence-corrected chi connectivity index (χ4v) is 2.62. The molecule has 0 radical (unpaired) electrons. The molecule has 0 aliphatic carbocycles. The Bertz CT molecular complexity index is 667. The lowest BCUT2D eigenvalue weighted by atomic mass is 10.2. The van der Waals surface area contributed by atoms with Gasteiger partial charge in [-0.3, -0.25) is 4.79 Å². The minimum atomic E-state index is -0.0955. The van der Waals surface area contributed by atoms with E-state index in [1.54, 1.807) is 0 Å². The number of ether oxygens (including phenoxy) is 1. The Morgan fingerprint density at radius 1 is 1.00 bits per heavy atom. The van der Waals surface area contributed by atoms with Gasteiger partial charge in [-0.15, -0.1) is 0 Å². The Hall–Kier alpha value is -2.69. The molecule has 2 aromatic rings. The maximum atomic E-state index is 12.2. The molecule has 0 atom stereocenters. The molecule has 0 heterocycles. The second-order valence-corrected chi connectivity index (χ2v) is 5.55. The summed E-state index contributed by atoms with van der Waals surface area (Å²) in [5.41, 5.74) is 2.77. The van der Waals surface area contributed by atoms with E-state index in [-0.39, 0.29) is 12.5 Å². The van der Waals surface area contributed by atoms with E-state index in [1.165, 1.54) is 0 Å².